The van der Waals surface area contributed by atoms with Gasteiger partial charge in [-0.1, -0.05) is 42.0 Å². The number of carbonyl (C=O) groups is 2. The SMILES string of the molecule is Cc1ccc([C@H]2CC(c3cccc(NS(C)(=O)=O)c3)=NN2C(=O)CCCC(=O)O)cc1. The third-order valence-corrected chi connectivity index (χ3v) is 5.51. The van der Waals surface area contributed by atoms with Crippen LogP contribution < -0.4 is 4.72 Å². The average Bonchev–Trinajstić information content (AvgIpc) is 3.13. The molecule has 0 bridgehead atoms. The molecule has 1 aliphatic heterocycles. The second-order valence-corrected chi connectivity index (χ2v) is 9.37. The smallest absolute Gasteiger partial charge is 0.303 e. The summed E-state index contributed by atoms with van der Waals surface area (Å²) in [4.78, 5) is 23.6. The van der Waals surface area contributed by atoms with E-state index >= 15 is 0 Å². The molecule has 0 unspecified atom stereocenters. The van der Waals surface area contributed by atoms with Crippen LogP contribution in [-0.4, -0.2) is 42.4 Å². The predicted octanol–water partition coefficient (Wildman–Crippen LogP) is 3.30. The molecule has 1 amide bonds. The summed E-state index contributed by atoms with van der Waals surface area (Å²) in [5.41, 5.74) is 3.82. The van der Waals surface area contributed by atoms with Gasteiger partial charge in [0.05, 0.1) is 18.0 Å². The molecule has 0 fully saturated rings. The maximum absolute atomic E-state index is 12.8. The maximum atomic E-state index is 12.8. The van der Waals surface area contributed by atoms with Gasteiger partial charge in [-0.15, -0.1) is 0 Å². The van der Waals surface area contributed by atoms with E-state index in [0.29, 0.717) is 23.4 Å². The van der Waals surface area contributed by atoms with Crippen molar-refractivity contribution in [3.05, 3.63) is 65.2 Å². The molecule has 2 aromatic carbocycles. The highest BCUT2D eigenvalue weighted by Gasteiger charge is 2.32. The highest BCUT2D eigenvalue weighted by molar-refractivity contribution is 7.92. The molecular weight excluding hydrogens is 418 g/mol. The molecule has 1 aliphatic rings. The van der Waals surface area contributed by atoms with Gasteiger partial charge < -0.3 is 5.11 Å². The van der Waals surface area contributed by atoms with E-state index < -0.39 is 16.0 Å². The van der Waals surface area contributed by atoms with Gasteiger partial charge in [-0.25, -0.2) is 13.4 Å². The van der Waals surface area contributed by atoms with Crippen molar-refractivity contribution in [1.82, 2.24) is 5.01 Å². The number of amides is 1. The highest BCUT2D eigenvalue weighted by atomic mass is 32.2. The van der Waals surface area contributed by atoms with Crippen molar-refractivity contribution in [1.29, 1.82) is 0 Å². The Bertz CT molecular complexity index is 1110. The van der Waals surface area contributed by atoms with Crippen molar-refractivity contribution in [2.45, 2.75) is 38.6 Å². The molecule has 164 valence electrons. The summed E-state index contributed by atoms with van der Waals surface area (Å²) >= 11 is 0. The number of nitrogens with zero attached hydrogens (tertiary/aromatic N) is 2. The third-order valence-electron chi connectivity index (χ3n) is 4.91. The normalized spacial score (nSPS) is 16.1. The van der Waals surface area contributed by atoms with E-state index in [1.807, 2.05) is 37.3 Å². The first-order chi connectivity index (χ1) is 14.6. The molecule has 0 aromatic heterocycles. The number of nitrogens with one attached hydrogen (secondary N) is 1. The van der Waals surface area contributed by atoms with Gasteiger partial charge >= 0.3 is 5.97 Å². The number of hydrazone groups is 1. The number of hydrogen-bond acceptors (Lipinski definition) is 5. The van der Waals surface area contributed by atoms with E-state index in [-0.39, 0.29) is 31.2 Å². The van der Waals surface area contributed by atoms with Crippen LogP contribution in [0.4, 0.5) is 5.69 Å². The fourth-order valence-electron chi connectivity index (χ4n) is 3.44. The van der Waals surface area contributed by atoms with Crippen molar-refractivity contribution < 1.29 is 23.1 Å². The Morgan fingerprint density at radius 2 is 1.87 bits per heavy atom. The van der Waals surface area contributed by atoms with Crippen LogP contribution in [0.1, 0.15) is 48.4 Å². The lowest BCUT2D eigenvalue weighted by Gasteiger charge is -2.22. The van der Waals surface area contributed by atoms with Crippen molar-refractivity contribution in [3.8, 4) is 0 Å². The lowest BCUT2D eigenvalue weighted by molar-refractivity contribution is -0.137. The first-order valence-electron chi connectivity index (χ1n) is 9.88. The Morgan fingerprint density at radius 3 is 2.52 bits per heavy atom. The van der Waals surface area contributed by atoms with Gasteiger partial charge in [-0.3, -0.25) is 14.3 Å². The van der Waals surface area contributed by atoms with Crippen LogP contribution in [0.5, 0.6) is 0 Å². The summed E-state index contributed by atoms with van der Waals surface area (Å²) in [7, 11) is -3.42. The molecule has 0 spiro atoms. The van der Waals surface area contributed by atoms with Gasteiger partial charge in [0.1, 0.15) is 0 Å². The molecule has 31 heavy (non-hydrogen) atoms. The Morgan fingerprint density at radius 1 is 1.16 bits per heavy atom. The van der Waals surface area contributed by atoms with Crippen LogP contribution in [0.3, 0.4) is 0 Å². The first-order valence-corrected chi connectivity index (χ1v) is 11.8. The molecule has 0 saturated carbocycles. The number of aliphatic carboxylic acids is 1. The first kappa shape index (κ1) is 22.5. The van der Waals surface area contributed by atoms with Crippen LogP contribution in [0, 0.1) is 6.92 Å². The van der Waals surface area contributed by atoms with Gasteiger partial charge in [0.25, 0.3) is 0 Å². The predicted molar refractivity (Wildman–Crippen MR) is 118 cm³/mol. The highest BCUT2D eigenvalue weighted by Crippen LogP contribution is 2.34. The van der Waals surface area contributed by atoms with Gasteiger partial charge in [-0.05, 0) is 36.6 Å². The van der Waals surface area contributed by atoms with E-state index in [4.69, 9.17) is 5.11 Å². The van der Waals surface area contributed by atoms with E-state index in [0.717, 1.165) is 17.4 Å². The van der Waals surface area contributed by atoms with Gasteiger partial charge in [-0.2, -0.15) is 5.10 Å². The van der Waals surface area contributed by atoms with E-state index in [1.54, 1.807) is 18.2 Å². The lowest BCUT2D eigenvalue weighted by atomic mass is 9.97. The van der Waals surface area contributed by atoms with E-state index in [1.165, 1.54) is 5.01 Å². The zero-order valence-electron chi connectivity index (χ0n) is 17.4. The van der Waals surface area contributed by atoms with E-state index in [9.17, 15) is 18.0 Å². The Labute approximate surface area is 181 Å². The summed E-state index contributed by atoms with van der Waals surface area (Å²) in [5.74, 6) is -1.18. The molecule has 1 heterocycles. The molecular formula is C22H25N3O5S. The Kier molecular flexibility index (Phi) is 6.74. The lowest BCUT2D eigenvalue weighted by Crippen LogP contribution is -2.27. The number of carboxylic acids is 1. The average molecular weight is 444 g/mol. The molecule has 0 aliphatic carbocycles. The molecule has 1 atom stereocenters. The number of anilines is 1. The summed E-state index contributed by atoms with van der Waals surface area (Å²) in [6.07, 6.45) is 1.79. The molecule has 9 heteroatoms. The van der Waals surface area contributed by atoms with Crippen LogP contribution in [0.2, 0.25) is 0 Å². The number of benzene rings is 2. The second-order valence-electron chi connectivity index (χ2n) is 7.62. The number of rotatable bonds is 8. The monoisotopic (exact) mass is 443 g/mol. The summed E-state index contributed by atoms with van der Waals surface area (Å²) in [6.45, 7) is 1.98. The minimum atomic E-state index is -3.42. The third kappa shape index (κ3) is 6.14. The fourth-order valence-corrected chi connectivity index (χ4v) is 4.00. The van der Waals surface area contributed by atoms with Crippen molar-refractivity contribution in [2.75, 3.05) is 11.0 Å². The molecule has 0 radical (unpaired) electrons. The maximum Gasteiger partial charge on any atom is 0.303 e. The molecule has 0 saturated heterocycles. The molecule has 8 nitrogen and oxygen atoms in total. The topological polar surface area (TPSA) is 116 Å². The van der Waals surface area contributed by atoms with Crippen molar-refractivity contribution in [3.63, 3.8) is 0 Å². The largest absolute Gasteiger partial charge is 0.481 e. The Balaban J connectivity index is 1.89. The van der Waals surface area contributed by atoms with Crippen LogP contribution >= 0.6 is 0 Å². The van der Waals surface area contributed by atoms with Gasteiger partial charge in [0.15, 0.2) is 0 Å². The van der Waals surface area contributed by atoms with Crippen LogP contribution in [0.25, 0.3) is 0 Å². The standard InChI is InChI=1S/C22H25N3O5S/c1-15-9-11-16(12-10-15)20-14-19(23-25(20)21(26)7-4-8-22(27)28)17-5-3-6-18(13-17)24-31(2,29)30/h3,5-6,9-13,20,24H,4,7-8,14H2,1-2H3,(H,27,28)/t20-/m1/s1. The van der Waals surface area contributed by atoms with E-state index in [2.05, 4.69) is 9.82 Å². The van der Waals surface area contributed by atoms with Gasteiger partial charge in [0, 0.05) is 24.9 Å². The quantitative estimate of drug-likeness (QED) is 0.649. The molecule has 2 N–H and O–H groups in total. The minimum Gasteiger partial charge on any atom is -0.481 e. The van der Waals surface area contributed by atoms with Crippen molar-refractivity contribution in [2.24, 2.45) is 5.10 Å². The zero-order valence-corrected chi connectivity index (χ0v) is 18.2. The summed E-state index contributed by atoms with van der Waals surface area (Å²) in [6, 6.07) is 14.4. The number of aryl methyl sites for hydroxylation is 1. The van der Waals surface area contributed by atoms with Crippen LogP contribution in [0.15, 0.2) is 53.6 Å². The molecule has 2 aromatic rings. The van der Waals surface area contributed by atoms with Gasteiger partial charge in [0.2, 0.25) is 15.9 Å². The zero-order chi connectivity index (χ0) is 22.6. The fraction of sp³-hybridized carbons (Fsp3) is 0.318. The van der Waals surface area contributed by atoms with Crippen molar-refractivity contribution >= 4 is 33.3 Å². The number of sulfonamides is 1. The van der Waals surface area contributed by atoms with Crippen LogP contribution in [-0.2, 0) is 19.6 Å². The number of hydrogen-bond donors (Lipinski definition) is 2. The summed E-state index contributed by atoms with van der Waals surface area (Å²) in [5, 5.41) is 14.8. The number of carbonyl (C=O) groups excluding carboxylic acids is 1. The minimum absolute atomic E-state index is 0.0788. The second kappa shape index (κ2) is 9.30. The number of carboxylic acid groups (broad SMARTS) is 1. The molecule has 3 rings (SSSR count). The Hall–Kier alpha value is -3.20. The summed E-state index contributed by atoms with van der Waals surface area (Å²) < 4.78 is 25.6.